The van der Waals surface area contributed by atoms with E-state index in [1.807, 2.05) is 4.90 Å². The molecule has 1 atom stereocenters. The zero-order valence-corrected chi connectivity index (χ0v) is 16.3. The first kappa shape index (κ1) is 19.6. The minimum Gasteiger partial charge on any atom is -0.456 e. The summed E-state index contributed by atoms with van der Waals surface area (Å²) in [6.07, 6.45) is 3.27. The minimum absolute atomic E-state index is 0.106. The number of carbonyl (C=O) groups is 2. The quantitative estimate of drug-likeness (QED) is 0.794. The number of rotatable bonds is 4. The Hall–Kier alpha value is -2.15. The van der Waals surface area contributed by atoms with Crippen LogP contribution in [0.3, 0.4) is 0 Å². The predicted octanol–water partition coefficient (Wildman–Crippen LogP) is 1.35. The maximum Gasteiger partial charge on any atom is 0.289 e. The Balaban J connectivity index is 1.52. The van der Waals surface area contributed by atoms with E-state index in [1.54, 1.807) is 11.8 Å². The molecular weight excluding hydrogens is 346 g/mol. The van der Waals surface area contributed by atoms with Crippen molar-refractivity contribution in [3.05, 3.63) is 33.9 Å². The molecule has 1 aromatic heterocycles. The Kier molecular flexibility index (Phi) is 6.31. The molecule has 0 saturated carbocycles. The summed E-state index contributed by atoms with van der Waals surface area (Å²) in [4.78, 5) is 42.7. The van der Waals surface area contributed by atoms with Gasteiger partial charge in [-0.15, -0.1) is 0 Å². The number of aryl methyl sites for hydroxylation is 1. The molecule has 0 spiro atoms. The largest absolute Gasteiger partial charge is 0.456 e. The lowest BCUT2D eigenvalue weighted by molar-refractivity contribution is -0.133. The molecule has 2 aliphatic heterocycles. The van der Waals surface area contributed by atoms with Gasteiger partial charge in [0.05, 0.1) is 0 Å². The first-order chi connectivity index (χ1) is 12.9. The molecule has 2 fully saturated rings. The fraction of sp³-hybridized carbons (Fsp3) is 0.650. The number of carbonyl (C=O) groups excluding carboxylic acids is 2. The highest BCUT2D eigenvalue weighted by Crippen LogP contribution is 2.23. The maximum atomic E-state index is 12.7. The van der Waals surface area contributed by atoms with Gasteiger partial charge in [0.25, 0.3) is 5.91 Å². The first-order valence-corrected chi connectivity index (χ1v) is 9.80. The molecule has 7 nitrogen and oxygen atoms in total. The van der Waals surface area contributed by atoms with Gasteiger partial charge in [-0.25, -0.2) is 0 Å². The second kappa shape index (κ2) is 8.69. The molecule has 1 unspecified atom stereocenters. The van der Waals surface area contributed by atoms with Gasteiger partial charge in [-0.1, -0.05) is 0 Å². The third-order valence-electron chi connectivity index (χ3n) is 5.53. The molecule has 27 heavy (non-hydrogen) atoms. The van der Waals surface area contributed by atoms with E-state index in [4.69, 9.17) is 4.42 Å². The molecule has 148 valence electrons. The molecule has 0 aliphatic carbocycles. The van der Waals surface area contributed by atoms with Crippen molar-refractivity contribution in [2.75, 3.05) is 46.3 Å². The normalized spacial score (nSPS) is 21.3. The van der Waals surface area contributed by atoms with Crippen LogP contribution in [0, 0.1) is 12.8 Å². The third-order valence-corrected chi connectivity index (χ3v) is 5.53. The summed E-state index contributed by atoms with van der Waals surface area (Å²) in [6.45, 7) is 6.42. The van der Waals surface area contributed by atoms with E-state index >= 15 is 0 Å². The molecule has 2 amide bonds. The molecule has 7 heteroatoms. The highest BCUT2D eigenvalue weighted by Gasteiger charge is 2.27. The standard InChI is InChI=1S/C20H29N3O4/c1-15-12-17(24)13-18(27-15)20(26)23-7-3-4-16(14-23)5-6-19(25)22-10-8-21(2)9-11-22/h12-13,16H,3-11,14H2,1-2H3. The fourth-order valence-electron chi connectivity index (χ4n) is 3.89. The van der Waals surface area contributed by atoms with Crippen molar-refractivity contribution in [2.45, 2.75) is 32.6 Å². The lowest BCUT2D eigenvalue weighted by Crippen LogP contribution is -2.47. The highest BCUT2D eigenvalue weighted by atomic mass is 16.3. The number of likely N-dealkylation sites (N-methyl/N-ethyl adjacent to an activating group) is 1. The number of piperazine rings is 1. The first-order valence-electron chi connectivity index (χ1n) is 9.80. The Morgan fingerprint density at radius 1 is 1.11 bits per heavy atom. The van der Waals surface area contributed by atoms with Gasteiger partial charge in [0.1, 0.15) is 5.76 Å². The summed E-state index contributed by atoms with van der Waals surface area (Å²) in [5, 5.41) is 0. The average molecular weight is 375 g/mol. The monoisotopic (exact) mass is 375 g/mol. The third kappa shape index (κ3) is 5.19. The second-order valence-electron chi connectivity index (χ2n) is 7.75. The van der Waals surface area contributed by atoms with Crippen molar-refractivity contribution in [1.82, 2.24) is 14.7 Å². The fourth-order valence-corrected chi connectivity index (χ4v) is 3.89. The topological polar surface area (TPSA) is 74.1 Å². The maximum absolute atomic E-state index is 12.7. The van der Waals surface area contributed by atoms with Gasteiger partial charge in [0, 0.05) is 57.8 Å². The van der Waals surface area contributed by atoms with Gasteiger partial charge in [-0.05, 0) is 39.2 Å². The molecular formula is C20H29N3O4. The Bertz CT molecular complexity index is 737. The van der Waals surface area contributed by atoms with Crippen molar-refractivity contribution in [3.8, 4) is 0 Å². The molecule has 0 N–H and O–H groups in total. The van der Waals surface area contributed by atoms with Crippen LogP contribution >= 0.6 is 0 Å². The molecule has 1 aromatic rings. The number of hydrogen-bond donors (Lipinski definition) is 0. The van der Waals surface area contributed by atoms with Gasteiger partial charge in [-0.2, -0.15) is 0 Å². The van der Waals surface area contributed by atoms with Crippen LogP contribution in [0.25, 0.3) is 0 Å². The van der Waals surface area contributed by atoms with Gasteiger partial charge in [-0.3, -0.25) is 14.4 Å². The SMILES string of the molecule is Cc1cc(=O)cc(C(=O)N2CCCC(CCC(=O)N3CCN(C)CC3)C2)o1. The number of amides is 2. The average Bonchev–Trinajstić information content (AvgIpc) is 2.65. The summed E-state index contributed by atoms with van der Waals surface area (Å²) in [5.41, 5.74) is -0.214. The van der Waals surface area contributed by atoms with Gasteiger partial charge >= 0.3 is 0 Å². The highest BCUT2D eigenvalue weighted by molar-refractivity contribution is 5.91. The van der Waals surface area contributed by atoms with Crippen LogP contribution in [-0.4, -0.2) is 72.8 Å². The molecule has 2 saturated heterocycles. The summed E-state index contributed by atoms with van der Waals surface area (Å²) < 4.78 is 5.44. The minimum atomic E-state index is -0.231. The van der Waals surface area contributed by atoms with Crippen molar-refractivity contribution >= 4 is 11.8 Å². The Labute approximate surface area is 159 Å². The lowest BCUT2D eigenvalue weighted by atomic mass is 9.93. The van der Waals surface area contributed by atoms with Gasteiger partial charge < -0.3 is 19.1 Å². The number of piperidine rings is 1. The van der Waals surface area contributed by atoms with E-state index in [-0.39, 0.29) is 23.0 Å². The zero-order valence-electron chi connectivity index (χ0n) is 16.3. The molecule has 0 aromatic carbocycles. The van der Waals surface area contributed by atoms with E-state index < -0.39 is 0 Å². The predicted molar refractivity (Wildman–Crippen MR) is 102 cm³/mol. The van der Waals surface area contributed by atoms with E-state index in [1.165, 1.54) is 12.1 Å². The molecule has 3 rings (SSSR count). The number of likely N-dealkylation sites (tertiary alicyclic amines) is 1. The van der Waals surface area contributed by atoms with Crippen LogP contribution < -0.4 is 5.43 Å². The van der Waals surface area contributed by atoms with Crippen LogP contribution in [0.15, 0.2) is 21.3 Å². The summed E-state index contributed by atoms with van der Waals surface area (Å²) in [7, 11) is 2.08. The van der Waals surface area contributed by atoms with Crippen LogP contribution in [0.5, 0.6) is 0 Å². The molecule has 0 radical (unpaired) electrons. The lowest BCUT2D eigenvalue weighted by Gasteiger charge is -2.34. The van der Waals surface area contributed by atoms with Crippen molar-refractivity contribution in [2.24, 2.45) is 5.92 Å². The van der Waals surface area contributed by atoms with Crippen LogP contribution in [0.2, 0.25) is 0 Å². The summed E-state index contributed by atoms with van der Waals surface area (Å²) in [6, 6.07) is 2.63. The second-order valence-corrected chi connectivity index (χ2v) is 7.75. The molecule has 3 heterocycles. The molecule has 2 aliphatic rings. The van der Waals surface area contributed by atoms with E-state index in [2.05, 4.69) is 11.9 Å². The number of nitrogens with zero attached hydrogens (tertiary/aromatic N) is 3. The van der Waals surface area contributed by atoms with Crippen LogP contribution in [0.4, 0.5) is 0 Å². The van der Waals surface area contributed by atoms with E-state index in [0.717, 1.165) is 45.4 Å². The van der Waals surface area contributed by atoms with E-state index in [0.29, 0.717) is 31.2 Å². The zero-order chi connectivity index (χ0) is 19.4. The van der Waals surface area contributed by atoms with Gasteiger partial charge in [0.2, 0.25) is 5.91 Å². The summed E-state index contributed by atoms with van der Waals surface area (Å²) >= 11 is 0. The van der Waals surface area contributed by atoms with Crippen molar-refractivity contribution in [3.63, 3.8) is 0 Å². The number of hydrogen-bond acceptors (Lipinski definition) is 5. The van der Waals surface area contributed by atoms with Crippen molar-refractivity contribution in [1.29, 1.82) is 0 Å². The van der Waals surface area contributed by atoms with Crippen molar-refractivity contribution < 1.29 is 14.0 Å². The van der Waals surface area contributed by atoms with Crippen LogP contribution in [-0.2, 0) is 4.79 Å². The Morgan fingerprint density at radius 3 is 2.56 bits per heavy atom. The molecule has 0 bridgehead atoms. The van der Waals surface area contributed by atoms with E-state index in [9.17, 15) is 14.4 Å². The summed E-state index contributed by atoms with van der Waals surface area (Å²) in [5.74, 6) is 0.851. The van der Waals surface area contributed by atoms with Gasteiger partial charge in [0.15, 0.2) is 11.2 Å². The van der Waals surface area contributed by atoms with Crippen LogP contribution in [0.1, 0.15) is 42.0 Å². The Morgan fingerprint density at radius 2 is 1.85 bits per heavy atom. The smallest absolute Gasteiger partial charge is 0.289 e.